The van der Waals surface area contributed by atoms with Gasteiger partial charge in [0.1, 0.15) is 6.29 Å². The third kappa shape index (κ3) is 1.60. The molecule has 0 atom stereocenters. The van der Waals surface area contributed by atoms with E-state index < -0.39 is 0 Å². The normalized spacial score (nSPS) is 13.7. The minimum Gasteiger partial charge on any atom is -0.303 e. The van der Waals surface area contributed by atoms with Crippen molar-refractivity contribution in [2.24, 2.45) is 0 Å². The maximum absolute atomic E-state index is 11.4. The topological polar surface area (TPSA) is 34.1 Å². The Hall–Kier alpha value is -1.44. The summed E-state index contributed by atoms with van der Waals surface area (Å²) in [4.78, 5) is 21.6. The fraction of sp³-hybridized carbons (Fsp3) is 0.333. The number of Topliss-reactive ketones (excluding diaryl/α,β-unsaturated/α-hetero) is 1. The van der Waals surface area contributed by atoms with Crippen LogP contribution in [0.3, 0.4) is 0 Å². The number of hydrogen-bond acceptors (Lipinski definition) is 2. The van der Waals surface area contributed by atoms with Crippen molar-refractivity contribution in [2.45, 2.75) is 25.7 Å². The number of aryl methyl sites for hydroxylation is 2. The first-order valence-corrected chi connectivity index (χ1v) is 4.90. The Morgan fingerprint density at radius 2 is 2.07 bits per heavy atom. The molecule has 1 aromatic rings. The van der Waals surface area contributed by atoms with E-state index in [0.717, 1.165) is 12.8 Å². The molecule has 2 rings (SSSR count). The molecule has 0 fully saturated rings. The largest absolute Gasteiger partial charge is 0.303 e. The van der Waals surface area contributed by atoms with Crippen LogP contribution in [0, 0.1) is 0 Å². The zero-order valence-corrected chi connectivity index (χ0v) is 7.95. The molecule has 0 saturated carbocycles. The second kappa shape index (κ2) is 3.74. The molecule has 0 aliphatic heterocycles. The highest BCUT2D eigenvalue weighted by atomic mass is 16.1. The van der Waals surface area contributed by atoms with E-state index in [1.54, 1.807) is 0 Å². The van der Waals surface area contributed by atoms with E-state index in [2.05, 4.69) is 0 Å². The summed E-state index contributed by atoms with van der Waals surface area (Å²) in [5.74, 6) is -0.0744. The molecule has 0 N–H and O–H groups in total. The molecule has 1 aliphatic rings. The third-order valence-electron chi connectivity index (χ3n) is 2.69. The van der Waals surface area contributed by atoms with Gasteiger partial charge in [0.15, 0.2) is 5.78 Å². The minimum atomic E-state index is -0.0744. The molecule has 0 amide bonds. The van der Waals surface area contributed by atoms with Crippen LogP contribution < -0.4 is 0 Å². The lowest BCUT2D eigenvalue weighted by atomic mass is 10.0. The molecule has 14 heavy (non-hydrogen) atoms. The van der Waals surface area contributed by atoms with Gasteiger partial charge in [-0.05, 0) is 36.5 Å². The summed E-state index contributed by atoms with van der Waals surface area (Å²) in [6.45, 7) is 0. The Morgan fingerprint density at radius 1 is 1.29 bits per heavy atom. The van der Waals surface area contributed by atoms with Crippen molar-refractivity contribution in [3.63, 3.8) is 0 Å². The van der Waals surface area contributed by atoms with Gasteiger partial charge in [-0.1, -0.05) is 12.1 Å². The molecule has 0 bridgehead atoms. The van der Waals surface area contributed by atoms with Crippen LogP contribution in [-0.4, -0.2) is 12.1 Å². The van der Waals surface area contributed by atoms with Gasteiger partial charge in [0.05, 0.1) is 6.42 Å². The lowest BCUT2D eigenvalue weighted by Gasteiger charge is -2.01. The van der Waals surface area contributed by atoms with Crippen molar-refractivity contribution in [3.8, 4) is 0 Å². The van der Waals surface area contributed by atoms with Gasteiger partial charge < -0.3 is 4.79 Å². The minimum absolute atomic E-state index is 0.00120. The Labute approximate surface area is 82.9 Å². The number of hydrogen-bond donors (Lipinski definition) is 0. The molecule has 0 unspecified atom stereocenters. The summed E-state index contributed by atoms with van der Waals surface area (Å²) in [6.07, 6.45) is 4.03. The Kier molecular flexibility index (Phi) is 2.44. The second-order valence-electron chi connectivity index (χ2n) is 3.63. The van der Waals surface area contributed by atoms with Gasteiger partial charge in [-0.15, -0.1) is 0 Å². The summed E-state index contributed by atoms with van der Waals surface area (Å²) in [5, 5.41) is 0. The van der Waals surface area contributed by atoms with E-state index in [1.165, 1.54) is 17.5 Å². The lowest BCUT2D eigenvalue weighted by Crippen LogP contribution is -2.00. The Balaban J connectivity index is 2.28. The molecule has 1 aromatic carbocycles. The Bertz CT molecular complexity index is 380. The van der Waals surface area contributed by atoms with Crippen LogP contribution in [0.4, 0.5) is 0 Å². The van der Waals surface area contributed by atoms with E-state index in [1.807, 2.05) is 18.2 Å². The van der Waals surface area contributed by atoms with Crippen LogP contribution in [-0.2, 0) is 17.6 Å². The molecule has 1 aliphatic carbocycles. The average Bonchev–Trinajstić information content (AvgIpc) is 2.64. The van der Waals surface area contributed by atoms with Crippen LogP contribution in [0.1, 0.15) is 34.3 Å². The number of rotatable bonds is 3. The van der Waals surface area contributed by atoms with Crippen molar-refractivity contribution in [1.82, 2.24) is 0 Å². The zero-order chi connectivity index (χ0) is 9.97. The first-order valence-electron chi connectivity index (χ1n) is 4.90. The summed E-state index contributed by atoms with van der Waals surface area (Å²) < 4.78 is 0. The number of ketones is 1. The van der Waals surface area contributed by atoms with Gasteiger partial charge >= 0.3 is 0 Å². The van der Waals surface area contributed by atoms with Gasteiger partial charge in [-0.2, -0.15) is 0 Å². The van der Waals surface area contributed by atoms with Crippen molar-refractivity contribution in [2.75, 3.05) is 0 Å². The summed E-state index contributed by atoms with van der Waals surface area (Å²) in [7, 11) is 0. The van der Waals surface area contributed by atoms with Crippen molar-refractivity contribution in [1.29, 1.82) is 0 Å². The highest BCUT2D eigenvalue weighted by molar-refractivity contribution is 6.02. The van der Waals surface area contributed by atoms with Crippen LogP contribution in [0.25, 0.3) is 0 Å². The first-order chi connectivity index (χ1) is 6.81. The quantitative estimate of drug-likeness (QED) is 0.412. The number of aldehydes is 1. The van der Waals surface area contributed by atoms with Crippen molar-refractivity contribution in [3.05, 3.63) is 34.9 Å². The molecule has 2 nitrogen and oxygen atoms in total. The average molecular weight is 188 g/mol. The molecule has 0 spiro atoms. The standard InChI is InChI=1S/C12H12O2/c13-7-6-12(14)11-5-4-9-2-1-3-10(9)8-11/h4-5,7-8H,1-3,6H2. The maximum atomic E-state index is 11.4. The molecule has 72 valence electrons. The summed E-state index contributed by atoms with van der Waals surface area (Å²) in [5.41, 5.74) is 3.31. The first kappa shape index (κ1) is 9.13. The fourth-order valence-electron chi connectivity index (χ4n) is 1.94. The molecule has 0 saturated heterocycles. The molecular weight excluding hydrogens is 176 g/mol. The number of fused-ring (bicyclic) bond motifs is 1. The second-order valence-corrected chi connectivity index (χ2v) is 3.63. The van der Waals surface area contributed by atoms with Crippen LogP contribution in [0.15, 0.2) is 18.2 Å². The lowest BCUT2D eigenvalue weighted by molar-refractivity contribution is -0.107. The van der Waals surface area contributed by atoms with E-state index in [4.69, 9.17) is 0 Å². The summed E-state index contributed by atoms with van der Waals surface area (Å²) >= 11 is 0. The van der Waals surface area contributed by atoms with Crippen LogP contribution in [0.2, 0.25) is 0 Å². The Morgan fingerprint density at radius 3 is 2.86 bits per heavy atom. The molecule has 0 heterocycles. The van der Waals surface area contributed by atoms with Gasteiger partial charge in [0.2, 0.25) is 0 Å². The van der Waals surface area contributed by atoms with Gasteiger partial charge in [0.25, 0.3) is 0 Å². The highest BCUT2D eigenvalue weighted by Crippen LogP contribution is 2.23. The van der Waals surface area contributed by atoms with Crippen molar-refractivity contribution >= 4 is 12.1 Å². The smallest absolute Gasteiger partial charge is 0.169 e. The van der Waals surface area contributed by atoms with Gasteiger partial charge in [0, 0.05) is 5.56 Å². The van der Waals surface area contributed by atoms with E-state index >= 15 is 0 Å². The maximum Gasteiger partial charge on any atom is 0.169 e. The molecule has 2 heteroatoms. The SMILES string of the molecule is O=CCC(=O)c1ccc2c(c1)CCC2. The zero-order valence-electron chi connectivity index (χ0n) is 7.95. The molecular formula is C12H12O2. The summed E-state index contributed by atoms with van der Waals surface area (Å²) in [6, 6.07) is 5.78. The van der Waals surface area contributed by atoms with Crippen molar-refractivity contribution < 1.29 is 9.59 Å². The van der Waals surface area contributed by atoms with E-state index in [0.29, 0.717) is 11.8 Å². The predicted molar refractivity (Wildman–Crippen MR) is 53.5 cm³/mol. The monoisotopic (exact) mass is 188 g/mol. The fourth-order valence-corrected chi connectivity index (χ4v) is 1.94. The van der Waals surface area contributed by atoms with Gasteiger partial charge in [-0.3, -0.25) is 4.79 Å². The number of carbonyl (C=O) groups excluding carboxylic acids is 2. The number of carbonyl (C=O) groups is 2. The molecule has 0 aromatic heterocycles. The predicted octanol–water partition coefficient (Wildman–Crippen LogP) is 1.95. The van der Waals surface area contributed by atoms with Gasteiger partial charge in [-0.25, -0.2) is 0 Å². The van der Waals surface area contributed by atoms with Crippen LogP contribution >= 0.6 is 0 Å². The van der Waals surface area contributed by atoms with Crippen LogP contribution in [0.5, 0.6) is 0 Å². The highest BCUT2D eigenvalue weighted by Gasteiger charge is 2.13. The number of benzene rings is 1. The van der Waals surface area contributed by atoms with E-state index in [9.17, 15) is 9.59 Å². The third-order valence-corrected chi connectivity index (χ3v) is 2.69. The van der Waals surface area contributed by atoms with E-state index in [-0.39, 0.29) is 12.2 Å². The molecule has 0 radical (unpaired) electrons.